The van der Waals surface area contributed by atoms with Crippen molar-refractivity contribution in [1.82, 2.24) is 0 Å². The summed E-state index contributed by atoms with van der Waals surface area (Å²) in [5.74, 6) is 0. The summed E-state index contributed by atoms with van der Waals surface area (Å²) in [4.78, 5) is 5.53. The number of unbranched alkanes of at least 4 members (excludes halogenated alkanes) is 7. The van der Waals surface area contributed by atoms with E-state index in [1.807, 2.05) is 0 Å². The summed E-state index contributed by atoms with van der Waals surface area (Å²) in [6.07, 6.45) is 17.3. The van der Waals surface area contributed by atoms with Gasteiger partial charge >= 0.3 is 276 Å². The van der Waals surface area contributed by atoms with Crippen LogP contribution in [0.2, 0.25) is 10.8 Å². The summed E-state index contributed by atoms with van der Waals surface area (Å²) in [5.41, 5.74) is 15.3. The Labute approximate surface area is 300 Å². The molecular weight excluding hydrogens is 625 g/mol. The SMILES string of the molecule is CCCCCCCCc1c(C)cc(N=C(CC)C(C)=[C](c2cc(C)c(CC)c(CCCC)c2)[Ni]([CH2]C)[CH2]CCC)cc1-c1ccccc1. The van der Waals surface area contributed by atoms with Gasteiger partial charge in [-0.15, -0.1) is 0 Å². The molecule has 48 heavy (non-hydrogen) atoms. The van der Waals surface area contributed by atoms with Crippen molar-refractivity contribution in [2.24, 2.45) is 4.99 Å². The van der Waals surface area contributed by atoms with Crippen LogP contribution in [0.5, 0.6) is 0 Å². The minimum absolute atomic E-state index is 0.0142. The van der Waals surface area contributed by atoms with Gasteiger partial charge in [-0.05, 0) is 0 Å². The molecule has 3 rings (SSSR count). The van der Waals surface area contributed by atoms with Gasteiger partial charge in [0.1, 0.15) is 0 Å². The third-order valence-corrected chi connectivity index (χ3v) is 12.9. The van der Waals surface area contributed by atoms with E-state index in [-0.39, 0.29) is 13.4 Å². The molecule has 0 amide bonds. The van der Waals surface area contributed by atoms with E-state index in [0.29, 0.717) is 0 Å². The molecule has 0 unspecified atom stereocenters. The fourth-order valence-corrected chi connectivity index (χ4v) is 9.95. The van der Waals surface area contributed by atoms with E-state index >= 15 is 0 Å². The van der Waals surface area contributed by atoms with E-state index in [1.54, 1.807) is 15.7 Å². The van der Waals surface area contributed by atoms with Crippen molar-refractivity contribution >= 4 is 15.9 Å². The maximum absolute atomic E-state index is 5.53. The Morgan fingerprint density at radius 2 is 1.33 bits per heavy atom. The summed E-state index contributed by atoms with van der Waals surface area (Å²) in [6, 6.07) is 20.9. The molecule has 0 saturated carbocycles. The van der Waals surface area contributed by atoms with Crippen LogP contribution < -0.4 is 0 Å². The maximum atomic E-state index is 5.53. The van der Waals surface area contributed by atoms with Crippen molar-refractivity contribution in [2.45, 2.75) is 163 Å². The van der Waals surface area contributed by atoms with Crippen LogP contribution in [0.4, 0.5) is 5.69 Å². The quantitative estimate of drug-likeness (QED) is 0.0598. The average molecular weight is 694 g/mol. The number of allylic oxidation sites excluding steroid dienone is 1. The molecule has 0 saturated heterocycles. The fraction of sp³-hybridized carbons (Fsp3) is 0.543. The molecule has 3 aromatic carbocycles. The molecule has 0 aliphatic rings. The van der Waals surface area contributed by atoms with Crippen LogP contribution in [0.1, 0.15) is 152 Å². The van der Waals surface area contributed by atoms with E-state index in [4.69, 9.17) is 4.99 Å². The third kappa shape index (κ3) is 11.3. The zero-order valence-corrected chi connectivity index (χ0v) is 33.3. The van der Waals surface area contributed by atoms with E-state index < -0.39 is 0 Å². The zero-order chi connectivity index (χ0) is 34.9. The number of rotatable bonds is 21. The monoisotopic (exact) mass is 692 g/mol. The van der Waals surface area contributed by atoms with Crippen LogP contribution >= 0.6 is 0 Å². The number of aryl methyl sites for hydroxylation is 3. The number of benzene rings is 3. The predicted molar refractivity (Wildman–Crippen MR) is 213 cm³/mol. The first-order valence-corrected chi connectivity index (χ1v) is 21.3. The Morgan fingerprint density at radius 3 is 1.98 bits per heavy atom. The van der Waals surface area contributed by atoms with Crippen LogP contribution in [0.25, 0.3) is 15.7 Å². The van der Waals surface area contributed by atoms with E-state index in [0.717, 1.165) is 24.9 Å². The van der Waals surface area contributed by atoms with Gasteiger partial charge in [0.25, 0.3) is 0 Å². The second kappa shape index (κ2) is 21.6. The van der Waals surface area contributed by atoms with Gasteiger partial charge in [0.2, 0.25) is 0 Å². The first-order valence-electron chi connectivity index (χ1n) is 19.4. The van der Waals surface area contributed by atoms with Crippen LogP contribution in [-0.2, 0) is 32.7 Å². The van der Waals surface area contributed by atoms with E-state index in [1.165, 1.54) is 126 Å². The Hall–Kier alpha value is -2.44. The van der Waals surface area contributed by atoms with E-state index in [2.05, 4.69) is 117 Å². The van der Waals surface area contributed by atoms with Crippen molar-refractivity contribution in [2.75, 3.05) is 0 Å². The molecule has 0 fully saturated rings. The normalized spacial score (nSPS) is 12.8. The Kier molecular flexibility index (Phi) is 18.0. The second-order valence-corrected chi connectivity index (χ2v) is 16.4. The van der Waals surface area contributed by atoms with Crippen molar-refractivity contribution in [3.63, 3.8) is 0 Å². The van der Waals surface area contributed by atoms with E-state index in [9.17, 15) is 0 Å². The van der Waals surface area contributed by atoms with Gasteiger partial charge in [0, 0.05) is 0 Å². The Bertz CT molecular complexity index is 1460. The van der Waals surface area contributed by atoms with Crippen molar-refractivity contribution in [3.05, 3.63) is 93.6 Å². The summed E-state index contributed by atoms with van der Waals surface area (Å²) in [5, 5.41) is 2.48. The van der Waals surface area contributed by atoms with Gasteiger partial charge < -0.3 is 0 Å². The molecule has 267 valence electrons. The molecule has 0 bridgehead atoms. The van der Waals surface area contributed by atoms with Crippen LogP contribution in [-0.4, -0.2) is 5.71 Å². The molecule has 0 aliphatic heterocycles. The van der Waals surface area contributed by atoms with Crippen LogP contribution in [0, 0.1) is 13.8 Å². The van der Waals surface area contributed by atoms with Gasteiger partial charge in [-0.1, -0.05) is 26.2 Å². The first-order chi connectivity index (χ1) is 23.3. The summed E-state index contributed by atoms with van der Waals surface area (Å²) in [6.45, 7) is 21.0. The van der Waals surface area contributed by atoms with Crippen molar-refractivity contribution in [1.29, 1.82) is 0 Å². The molecular formula is C46H68NNi. The van der Waals surface area contributed by atoms with Gasteiger partial charge in [0.15, 0.2) is 0 Å². The Balaban J connectivity index is 2.17. The molecule has 3 aromatic rings. The van der Waals surface area contributed by atoms with Gasteiger partial charge in [-0.3, -0.25) is 0 Å². The summed E-state index contributed by atoms with van der Waals surface area (Å²) < 4.78 is 1.58. The first kappa shape index (κ1) is 40.0. The minimum atomic E-state index is 0.0142. The molecule has 0 radical (unpaired) electrons. The van der Waals surface area contributed by atoms with Gasteiger partial charge in [0.05, 0.1) is 0 Å². The molecule has 0 N–H and O–H groups in total. The standard InChI is InChI=1S/C40H54N.C4H9.C2H5.Ni/c1-8-12-14-15-16-20-24-38-31(6)27-36(29-39(38)34-22-18-17-19-23-34)41-40(11-4)32(7)26-33-25-30(5)37(10-3)35(28-33)21-13-9-2;1-3-4-2;1-2;/h17-19,22-23,25,27-29H,8-16,20-21,24H2,1-7H3;1,3-4H2,2H3;1H2,2H3;. The molecule has 0 spiro atoms. The third-order valence-electron chi connectivity index (χ3n) is 9.76. The number of hydrogen-bond acceptors (Lipinski definition) is 1. The number of hydrogen-bond donors (Lipinski definition) is 0. The zero-order valence-electron chi connectivity index (χ0n) is 32.3. The fourth-order valence-electron chi connectivity index (χ4n) is 7.02. The van der Waals surface area contributed by atoms with Crippen molar-refractivity contribution in [3.8, 4) is 11.1 Å². The molecule has 0 heterocycles. The molecule has 0 atom stereocenters. The molecule has 0 aromatic heterocycles. The Morgan fingerprint density at radius 1 is 0.667 bits per heavy atom. The van der Waals surface area contributed by atoms with Crippen LogP contribution in [0.3, 0.4) is 0 Å². The second-order valence-electron chi connectivity index (χ2n) is 13.5. The molecule has 1 nitrogen and oxygen atoms in total. The van der Waals surface area contributed by atoms with Gasteiger partial charge in [-0.25, -0.2) is 0 Å². The molecule has 0 aliphatic carbocycles. The summed E-state index contributed by atoms with van der Waals surface area (Å²) in [7, 11) is 0. The topological polar surface area (TPSA) is 12.4 Å². The predicted octanol–water partition coefficient (Wildman–Crippen LogP) is 15.0. The number of aliphatic imine (C=N–C) groups is 1. The van der Waals surface area contributed by atoms with Crippen LogP contribution in [0.15, 0.2) is 65.2 Å². The number of nitrogens with zero attached hydrogens (tertiary/aromatic N) is 1. The molecule has 2 heteroatoms. The summed E-state index contributed by atoms with van der Waals surface area (Å²) >= 11 is 0.0142. The van der Waals surface area contributed by atoms with Gasteiger partial charge in [-0.2, -0.15) is 0 Å². The van der Waals surface area contributed by atoms with Crippen molar-refractivity contribution < 1.29 is 13.4 Å². The average Bonchev–Trinajstić information content (AvgIpc) is 3.09.